The highest BCUT2D eigenvalue weighted by Gasteiger charge is 2.01. The van der Waals surface area contributed by atoms with Crippen LogP contribution in [0.25, 0.3) is 0 Å². The molecule has 1 unspecified atom stereocenters. The van der Waals surface area contributed by atoms with E-state index in [4.69, 9.17) is 5.26 Å². The molecule has 1 atom stereocenters. The van der Waals surface area contributed by atoms with Gasteiger partial charge in [0.15, 0.2) is 0 Å². The number of rotatable bonds is 2. The highest BCUT2D eigenvalue weighted by Crippen LogP contribution is 2.11. The minimum atomic E-state index is -0.517. The average molecular weight is 162 g/mol. The van der Waals surface area contributed by atoms with Gasteiger partial charge in [0.25, 0.3) is 0 Å². The van der Waals surface area contributed by atoms with E-state index in [0.717, 1.165) is 11.1 Å². The summed E-state index contributed by atoms with van der Waals surface area (Å²) in [6, 6.07) is 3.82. The van der Waals surface area contributed by atoms with Gasteiger partial charge in [-0.1, -0.05) is 0 Å². The van der Waals surface area contributed by atoms with E-state index in [1.807, 2.05) is 6.07 Å². The van der Waals surface area contributed by atoms with E-state index >= 15 is 0 Å². The predicted molar refractivity (Wildman–Crippen MR) is 44.2 cm³/mol. The van der Waals surface area contributed by atoms with Crippen molar-refractivity contribution in [2.24, 2.45) is 0 Å². The van der Waals surface area contributed by atoms with Crippen molar-refractivity contribution in [1.29, 1.82) is 5.26 Å². The Hall–Kier alpha value is -1.40. The zero-order chi connectivity index (χ0) is 8.97. The summed E-state index contributed by atoms with van der Waals surface area (Å²) in [5, 5.41) is 17.6. The highest BCUT2D eigenvalue weighted by molar-refractivity contribution is 5.21. The third-order valence-corrected chi connectivity index (χ3v) is 1.58. The van der Waals surface area contributed by atoms with E-state index in [2.05, 4.69) is 4.98 Å². The molecule has 0 aliphatic carbocycles. The molecule has 3 nitrogen and oxygen atoms in total. The molecule has 0 saturated carbocycles. The van der Waals surface area contributed by atoms with Crippen molar-refractivity contribution in [3.8, 4) is 6.07 Å². The van der Waals surface area contributed by atoms with Crippen LogP contribution in [0, 0.1) is 11.3 Å². The lowest BCUT2D eigenvalue weighted by Crippen LogP contribution is -1.94. The maximum atomic E-state index is 9.19. The normalized spacial score (nSPS) is 12.1. The van der Waals surface area contributed by atoms with Crippen LogP contribution < -0.4 is 0 Å². The van der Waals surface area contributed by atoms with Crippen LogP contribution in [0.1, 0.15) is 24.2 Å². The first-order valence-corrected chi connectivity index (χ1v) is 3.73. The molecule has 1 heterocycles. The summed E-state index contributed by atoms with van der Waals surface area (Å²) < 4.78 is 0. The van der Waals surface area contributed by atoms with E-state index in [9.17, 15) is 5.11 Å². The first kappa shape index (κ1) is 8.69. The van der Waals surface area contributed by atoms with Crippen molar-refractivity contribution in [3.05, 3.63) is 29.6 Å². The summed E-state index contributed by atoms with van der Waals surface area (Å²) in [5.74, 6) is 0. The number of aliphatic hydroxyl groups is 1. The van der Waals surface area contributed by atoms with Gasteiger partial charge in [-0.15, -0.1) is 0 Å². The SMILES string of the molecule is CC(O)c1cncc(CC#N)c1. The zero-order valence-electron chi connectivity index (χ0n) is 6.86. The molecule has 0 aliphatic rings. The second-order valence-corrected chi connectivity index (χ2v) is 2.64. The van der Waals surface area contributed by atoms with Gasteiger partial charge in [-0.25, -0.2) is 0 Å². The lowest BCUT2D eigenvalue weighted by Gasteiger charge is -2.03. The van der Waals surface area contributed by atoms with Crippen LogP contribution in [-0.2, 0) is 6.42 Å². The van der Waals surface area contributed by atoms with Crippen molar-refractivity contribution >= 4 is 0 Å². The maximum Gasteiger partial charge on any atom is 0.0776 e. The van der Waals surface area contributed by atoms with Gasteiger partial charge in [0.05, 0.1) is 18.6 Å². The second kappa shape index (κ2) is 3.84. The smallest absolute Gasteiger partial charge is 0.0776 e. The molecule has 62 valence electrons. The van der Waals surface area contributed by atoms with Gasteiger partial charge in [0.1, 0.15) is 0 Å². The molecular formula is C9H10N2O. The van der Waals surface area contributed by atoms with Gasteiger partial charge in [-0.3, -0.25) is 4.98 Å². The number of aromatic nitrogens is 1. The lowest BCUT2D eigenvalue weighted by molar-refractivity contribution is 0.199. The zero-order valence-corrected chi connectivity index (χ0v) is 6.86. The number of pyridine rings is 1. The van der Waals surface area contributed by atoms with Crippen LogP contribution >= 0.6 is 0 Å². The molecule has 1 rings (SSSR count). The fourth-order valence-corrected chi connectivity index (χ4v) is 0.924. The summed E-state index contributed by atoms with van der Waals surface area (Å²) in [5.41, 5.74) is 1.60. The predicted octanol–water partition coefficient (Wildman–Crippen LogP) is 1.20. The molecular weight excluding hydrogens is 152 g/mol. The molecule has 0 amide bonds. The Balaban J connectivity index is 2.90. The Morgan fingerprint density at radius 1 is 1.67 bits per heavy atom. The molecule has 0 radical (unpaired) electrons. The van der Waals surface area contributed by atoms with Crippen molar-refractivity contribution in [2.45, 2.75) is 19.4 Å². The lowest BCUT2D eigenvalue weighted by atomic mass is 10.1. The number of hydrogen-bond donors (Lipinski definition) is 1. The van der Waals surface area contributed by atoms with Gasteiger partial charge in [0, 0.05) is 12.4 Å². The Labute approximate surface area is 71.3 Å². The Morgan fingerprint density at radius 3 is 3.00 bits per heavy atom. The summed E-state index contributed by atoms with van der Waals surface area (Å²) in [7, 11) is 0. The van der Waals surface area contributed by atoms with Crippen LogP contribution in [0.2, 0.25) is 0 Å². The van der Waals surface area contributed by atoms with E-state index in [1.165, 1.54) is 0 Å². The largest absolute Gasteiger partial charge is 0.389 e. The van der Waals surface area contributed by atoms with Crippen LogP contribution in [-0.4, -0.2) is 10.1 Å². The monoisotopic (exact) mass is 162 g/mol. The average Bonchev–Trinajstić information content (AvgIpc) is 2.05. The van der Waals surface area contributed by atoms with Gasteiger partial charge < -0.3 is 5.11 Å². The van der Waals surface area contributed by atoms with Crippen LogP contribution in [0.3, 0.4) is 0 Å². The minimum Gasteiger partial charge on any atom is -0.389 e. The molecule has 0 bridgehead atoms. The second-order valence-electron chi connectivity index (χ2n) is 2.64. The Morgan fingerprint density at radius 2 is 2.42 bits per heavy atom. The Bertz CT molecular complexity index is 302. The van der Waals surface area contributed by atoms with Crippen LogP contribution in [0.5, 0.6) is 0 Å². The number of nitriles is 1. The van der Waals surface area contributed by atoms with Crippen molar-refractivity contribution < 1.29 is 5.11 Å². The first-order chi connectivity index (χ1) is 5.74. The molecule has 0 spiro atoms. The third kappa shape index (κ3) is 2.04. The van der Waals surface area contributed by atoms with Crippen molar-refractivity contribution in [2.75, 3.05) is 0 Å². The van der Waals surface area contributed by atoms with Crippen molar-refractivity contribution in [1.82, 2.24) is 4.98 Å². The molecule has 0 aliphatic heterocycles. The van der Waals surface area contributed by atoms with Crippen LogP contribution in [0.15, 0.2) is 18.5 Å². The van der Waals surface area contributed by atoms with Gasteiger partial charge >= 0.3 is 0 Å². The summed E-state index contributed by atoms with van der Waals surface area (Å²) in [4.78, 5) is 3.91. The molecule has 12 heavy (non-hydrogen) atoms. The van der Waals surface area contributed by atoms with Gasteiger partial charge in [0.2, 0.25) is 0 Å². The number of nitrogens with zero attached hydrogens (tertiary/aromatic N) is 2. The molecule has 1 aromatic rings. The quantitative estimate of drug-likeness (QED) is 0.710. The minimum absolute atomic E-state index is 0.341. The van der Waals surface area contributed by atoms with Gasteiger partial charge in [-0.05, 0) is 24.1 Å². The summed E-state index contributed by atoms with van der Waals surface area (Å²) in [6.07, 6.45) is 3.06. The van der Waals surface area contributed by atoms with Gasteiger partial charge in [-0.2, -0.15) is 5.26 Å². The van der Waals surface area contributed by atoms with Crippen LogP contribution in [0.4, 0.5) is 0 Å². The third-order valence-electron chi connectivity index (χ3n) is 1.58. The van der Waals surface area contributed by atoms with E-state index in [0.29, 0.717) is 6.42 Å². The van der Waals surface area contributed by atoms with E-state index < -0.39 is 6.10 Å². The molecule has 0 saturated heterocycles. The van der Waals surface area contributed by atoms with E-state index in [-0.39, 0.29) is 0 Å². The standard InChI is InChI=1S/C9H10N2O/c1-7(12)9-4-8(2-3-10)5-11-6-9/h4-7,12H,2H2,1H3. The maximum absolute atomic E-state index is 9.19. The molecule has 3 heteroatoms. The van der Waals surface area contributed by atoms with E-state index in [1.54, 1.807) is 25.4 Å². The Kier molecular flexibility index (Phi) is 2.78. The topological polar surface area (TPSA) is 56.9 Å². The number of aliphatic hydroxyl groups excluding tert-OH is 1. The number of hydrogen-bond acceptors (Lipinski definition) is 3. The summed E-state index contributed by atoms with van der Waals surface area (Å²) >= 11 is 0. The molecule has 1 N–H and O–H groups in total. The summed E-state index contributed by atoms with van der Waals surface area (Å²) in [6.45, 7) is 1.67. The first-order valence-electron chi connectivity index (χ1n) is 3.73. The molecule has 1 aromatic heterocycles. The molecule has 0 aromatic carbocycles. The highest BCUT2D eigenvalue weighted by atomic mass is 16.3. The fraction of sp³-hybridized carbons (Fsp3) is 0.333. The molecule has 0 fully saturated rings. The fourth-order valence-electron chi connectivity index (χ4n) is 0.924. The van der Waals surface area contributed by atoms with Crippen molar-refractivity contribution in [3.63, 3.8) is 0 Å².